The first kappa shape index (κ1) is 26.2. The van der Waals surface area contributed by atoms with Gasteiger partial charge in [0.1, 0.15) is 17.8 Å². The molecule has 0 bridgehead atoms. The minimum Gasteiger partial charge on any atom is -0.508 e. The van der Waals surface area contributed by atoms with Gasteiger partial charge < -0.3 is 25.7 Å². The van der Waals surface area contributed by atoms with Crippen molar-refractivity contribution in [2.45, 2.75) is 26.3 Å². The van der Waals surface area contributed by atoms with Crippen LogP contribution in [0.25, 0.3) is 16.7 Å². The largest absolute Gasteiger partial charge is 0.508 e. The van der Waals surface area contributed by atoms with Gasteiger partial charge in [-0.05, 0) is 54.7 Å². The smallest absolute Gasteiger partial charge is 0.163 e. The number of carbonyl (C=O) groups excluding carboxylic acids is 2. The van der Waals surface area contributed by atoms with Gasteiger partial charge >= 0.3 is 0 Å². The van der Waals surface area contributed by atoms with Gasteiger partial charge in [0.15, 0.2) is 6.29 Å². The highest BCUT2D eigenvalue weighted by molar-refractivity contribution is 6.25. The Morgan fingerprint density at radius 2 is 1.50 bits per heavy atom. The van der Waals surface area contributed by atoms with E-state index in [1.807, 2.05) is 18.2 Å². The number of rotatable bonds is 4. The van der Waals surface area contributed by atoms with E-state index >= 15 is 0 Å². The molecule has 34 heavy (non-hydrogen) atoms. The average Bonchev–Trinajstić information content (AvgIpc) is 2.86. The third-order valence-electron chi connectivity index (χ3n) is 5.02. The lowest BCUT2D eigenvalue weighted by atomic mass is 9.92. The van der Waals surface area contributed by atoms with Gasteiger partial charge in [-0.15, -0.1) is 0 Å². The van der Waals surface area contributed by atoms with E-state index in [0.717, 1.165) is 24.8 Å². The zero-order valence-electron chi connectivity index (χ0n) is 19.4. The molecule has 0 saturated heterocycles. The van der Waals surface area contributed by atoms with Crippen LogP contribution in [0.5, 0.6) is 11.5 Å². The van der Waals surface area contributed by atoms with Crippen molar-refractivity contribution in [1.29, 1.82) is 5.41 Å². The predicted octanol–water partition coefficient (Wildman–Crippen LogP) is 5.31. The molecule has 3 aromatic carbocycles. The summed E-state index contributed by atoms with van der Waals surface area (Å²) in [6, 6.07) is 23.7. The van der Waals surface area contributed by atoms with Crippen LogP contribution in [0.15, 0.2) is 78.9 Å². The Morgan fingerprint density at radius 1 is 0.941 bits per heavy atom. The predicted molar refractivity (Wildman–Crippen MR) is 136 cm³/mol. The zero-order valence-corrected chi connectivity index (χ0v) is 19.4. The number of aromatic hydroxyl groups is 2. The standard InChI is InChI=1S/C23H21NO2.C3H5NO.C2H4O/c25-20-10-11-21(23(26)15-20)22-14-19(12-13-24-22)18-8-6-17(7-9-18)16-4-2-1-3-5-16;1-3(4)2-5;1-2-3/h1-11,14-15,22,24-26H,12-13H2;2,4H,1H3;2H,1H3. The van der Waals surface area contributed by atoms with Crippen molar-refractivity contribution in [3.8, 4) is 22.6 Å². The number of phenolic OH excluding ortho intramolecular Hbond substituents is 2. The molecule has 1 aliphatic heterocycles. The monoisotopic (exact) mass is 458 g/mol. The highest BCUT2D eigenvalue weighted by atomic mass is 16.3. The molecule has 4 N–H and O–H groups in total. The maximum atomic E-state index is 10.1. The third-order valence-corrected chi connectivity index (χ3v) is 5.02. The second-order valence-corrected chi connectivity index (χ2v) is 7.60. The molecule has 0 spiro atoms. The number of phenols is 2. The van der Waals surface area contributed by atoms with Gasteiger partial charge in [-0.2, -0.15) is 0 Å². The SMILES string of the molecule is CC(=N)C=O.CC=O.Oc1ccc(C2C=C(c3ccc(-c4ccccc4)cc3)CCN2)c(O)c1. The Hall–Kier alpha value is -4.03. The first-order valence-corrected chi connectivity index (χ1v) is 10.9. The van der Waals surface area contributed by atoms with Gasteiger partial charge in [-0.25, -0.2) is 0 Å². The zero-order chi connectivity index (χ0) is 24.9. The Labute approximate surface area is 200 Å². The van der Waals surface area contributed by atoms with Crippen LogP contribution in [0.3, 0.4) is 0 Å². The second kappa shape index (κ2) is 13.5. The fraction of sp³-hybridized carbons (Fsp3) is 0.179. The maximum Gasteiger partial charge on any atom is 0.163 e. The van der Waals surface area contributed by atoms with Gasteiger partial charge in [0.05, 0.1) is 11.8 Å². The molecule has 1 heterocycles. The number of hydrogen-bond acceptors (Lipinski definition) is 6. The topological polar surface area (TPSA) is 110 Å². The summed E-state index contributed by atoms with van der Waals surface area (Å²) in [4.78, 5) is 18.1. The molecule has 0 fully saturated rings. The average molecular weight is 459 g/mol. The van der Waals surface area contributed by atoms with E-state index in [1.165, 1.54) is 42.2 Å². The molecule has 6 heteroatoms. The van der Waals surface area contributed by atoms with Crippen LogP contribution in [0.1, 0.15) is 37.4 Å². The summed E-state index contributed by atoms with van der Waals surface area (Å²) < 4.78 is 0. The van der Waals surface area contributed by atoms with E-state index in [9.17, 15) is 15.0 Å². The first-order valence-electron chi connectivity index (χ1n) is 10.9. The Kier molecular flexibility index (Phi) is 10.4. The molecule has 1 unspecified atom stereocenters. The molecular weight excluding hydrogens is 428 g/mol. The van der Waals surface area contributed by atoms with Crippen LogP contribution in [-0.2, 0) is 9.59 Å². The Bertz CT molecular complexity index is 1120. The molecule has 4 rings (SSSR count). The molecule has 176 valence electrons. The summed E-state index contributed by atoms with van der Waals surface area (Å²) in [5.74, 6) is 0.183. The van der Waals surface area contributed by atoms with Crippen LogP contribution in [-0.4, -0.2) is 35.0 Å². The van der Waals surface area contributed by atoms with Crippen molar-refractivity contribution >= 4 is 23.9 Å². The third kappa shape index (κ3) is 7.83. The van der Waals surface area contributed by atoms with Crippen LogP contribution in [0.2, 0.25) is 0 Å². The Balaban J connectivity index is 0.000000447. The van der Waals surface area contributed by atoms with Gasteiger partial charge in [0, 0.05) is 18.2 Å². The summed E-state index contributed by atoms with van der Waals surface area (Å²) in [6.45, 7) is 3.73. The van der Waals surface area contributed by atoms with E-state index in [2.05, 4.69) is 47.8 Å². The maximum absolute atomic E-state index is 10.1. The quantitative estimate of drug-likeness (QED) is 0.313. The molecule has 0 aliphatic carbocycles. The molecule has 0 radical (unpaired) electrons. The lowest BCUT2D eigenvalue weighted by molar-refractivity contribution is -0.106. The van der Waals surface area contributed by atoms with E-state index in [-0.39, 0.29) is 23.3 Å². The van der Waals surface area contributed by atoms with Crippen LogP contribution in [0.4, 0.5) is 0 Å². The molecule has 0 amide bonds. The molecule has 1 atom stereocenters. The molecule has 0 saturated carbocycles. The summed E-state index contributed by atoms with van der Waals surface area (Å²) in [5.41, 5.74) is 5.74. The van der Waals surface area contributed by atoms with Gasteiger partial charge in [0.25, 0.3) is 0 Å². The fourth-order valence-corrected chi connectivity index (χ4v) is 3.45. The first-order chi connectivity index (χ1) is 16.4. The minimum absolute atomic E-state index is 0.0619. The molecular formula is C28H30N2O4. The van der Waals surface area contributed by atoms with Crippen LogP contribution < -0.4 is 5.32 Å². The summed E-state index contributed by atoms with van der Waals surface area (Å²) >= 11 is 0. The molecule has 1 aliphatic rings. The highest BCUT2D eigenvalue weighted by Gasteiger charge is 2.18. The highest BCUT2D eigenvalue weighted by Crippen LogP contribution is 2.34. The van der Waals surface area contributed by atoms with Crippen molar-refractivity contribution in [3.05, 3.63) is 90.0 Å². The second-order valence-electron chi connectivity index (χ2n) is 7.60. The summed E-state index contributed by atoms with van der Waals surface area (Å²) in [7, 11) is 0. The van der Waals surface area contributed by atoms with E-state index in [0.29, 0.717) is 6.29 Å². The molecule has 0 aromatic heterocycles. The number of benzene rings is 3. The summed E-state index contributed by atoms with van der Waals surface area (Å²) in [5, 5.41) is 29.4. The van der Waals surface area contributed by atoms with Gasteiger partial charge in [0.2, 0.25) is 0 Å². The van der Waals surface area contributed by atoms with Crippen molar-refractivity contribution in [1.82, 2.24) is 5.32 Å². The van der Waals surface area contributed by atoms with Gasteiger partial charge in [-0.3, -0.25) is 4.79 Å². The minimum atomic E-state index is -0.0619. The molecule has 6 nitrogen and oxygen atoms in total. The van der Waals surface area contributed by atoms with Crippen molar-refractivity contribution in [2.75, 3.05) is 6.54 Å². The lowest BCUT2D eigenvalue weighted by Crippen LogP contribution is -2.25. The van der Waals surface area contributed by atoms with E-state index in [1.54, 1.807) is 12.1 Å². The molecule has 3 aromatic rings. The van der Waals surface area contributed by atoms with E-state index < -0.39 is 0 Å². The van der Waals surface area contributed by atoms with E-state index in [4.69, 9.17) is 10.2 Å². The number of carbonyl (C=O) groups is 2. The fourth-order valence-electron chi connectivity index (χ4n) is 3.45. The summed E-state index contributed by atoms with van der Waals surface area (Å²) in [6.07, 6.45) is 4.35. The van der Waals surface area contributed by atoms with Crippen molar-refractivity contribution in [2.24, 2.45) is 0 Å². The lowest BCUT2D eigenvalue weighted by Gasteiger charge is -2.24. The van der Waals surface area contributed by atoms with Gasteiger partial charge in [-0.1, -0.05) is 60.7 Å². The number of nitrogens with one attached hydrogen (secondary N) is 2. The van der Waals surface area contributed by atoms with Crippen LogP contribution >= 0.6 is 0 Å². The Morgan fingerprint density at radius 3 is 2.06 bits per heavy atom. The van der Waals surface area contributed by atoms with Crippen molar-refractivity contribution < 1.29 is 19.8 Å². The number of aldehydes is 2. The normalized spacial score (nSPS) is 14.3. The van der Waals surface area contributed by atoms with Crippen molar-refractivity contribution in [3.63, 3.8) is 0 Å². The number of hydrogen-bond donors (Lipinski definition) is 4. The van der Waals surface area contributed by atoms with Crippen LogP contribution in [0, 0.1) is 5.41 Å².